The lowest BCUT2D eigenvalue weighted by Crippen LogP contribution is -2.20. The quantitative estimate of drug-likeness (QED) is 0.605. The van der Waals surface area contributed by atoms with E-state index in [1.807, 2.05) is 6.92 Å². The number of amides is 1. The minimum atomic E-state index is -0.199. The number of nitrogens with two attached hydrogens (primary N) is 1. The third kappa shape index (κ3) is 5.64. The lowest BCUT2D eigenvalue weighted by Gasteiger charge is -2.02. The largest absolute Gasteiger partial charge is 0.369 e. The van der Waals surface area contributed by atoms with Crippen molar-refractivity contribution in [1.29, 1.82) is 0 Å². The van der Waals surface area contributed by atoms with Crippen LogP contribution in [0.3, 0.4) is 0 Å². The fourth-order valence-corrected chi connectivity index (χ4v) is 0.773. The van der Waals surface area contributed by atoms with Gasteiger partial charge in [0.05, 0.1) is 0 Å². The second kappa shape index (κ2) is 5.96. The van der Waals surface area contributed by atoms with Gasteiger partial charge >= 0.3 is 0 Å². The van der Waals surface area contributed by atoms with E-state index in [-0.39, 0.29) is 11.8 Å². The van der Waals surface area contributed by atoms with Crippen LogP contribution in [0, 0.1) is 5.92 Å². The van der Waals surface area contributed by atoms with Gasteiger partial charge in [-0.05, 0) is 19.3 Å². The molecule has 2 heteroatoms. The van der Waals surface area contributed by atoms with Crippen LogP contribution in [0.2, 0.25) is 0 Å². The molecule has 0 spiro atoms. The first-order valence-corrected chi connectivity index (χ1v) is 4.12. The first kappa shape index (κ1) is 10.2. The van der Waals surface area contributed by atoms with Gasteiger partial charge in [0.25, 0.3) is 0 Å². The van der Waals surface area contributed by atoms with Crippen LogP contribution in [0.5, 0.6) is 0 Å². The number of allylic oxidation sites excluding steroid dienone is 2. The summed E-state index contributed by atoms with van der Waals surface area (Å²) in [5, 5.41) is 0. The van der Waals surface area contributed by atoms with E-state index in [0.717, 1.165) is 19.3 Å². The van der Waals surface area contributed by atoms with Gasteiger partial charge in [0.2, 0.25) is 5.91 Å². The molecule has 0 aromatic rings. The number of carbonyl (C=O) groups excluding carboxylic acids is 1. The molecule has 2 nitrogen and oxygen atoms in total. The second-order valence-electron chi connectivity index (χ2n) is 2.76. The van der Waals surface area contributed by atoms with Gasteiger partial charge in [-0.15, -0.1) is 0 Å². The van der Waals surface area contributed by atoms with Gasteiger partial charge in [0.15, 0.2) is 0 Å². The van der Waals surface area contributed by atoms with Crippen LogP contribution in [0.25, 0.3) is 0 Å². The maximum absolute atomic E-state index is 10.6. The van der Waals surface area contributed by atoms with Crippen molar-refractivity contribution in [2.24, 2.45) is 11.7 Å². The fourth-order valence-electron chi connectivity index (χ4n) is 0.773. The number of carbonyl (C=O) groups is 1. The van der Waals surface area contributed by atoms with E-state index in [1.54, 1.807) is 0 Å². The maximum atomic E-state index is 10.6. The molecule has 0 aliphatic heterocycles. The Bertz CT molecular complexity index is 140. The standard InChI is InChI=1S/C9H17NO/c1-3-4-5-6-7-8(2)9(10)11/h4-5,8H,3,6-7H2,1-2H3,(H2,10,11). The Morgan fingerprint density at radius 2 is 2.18 bits per heavy atom. The number of rotatable bonds is 5. The van der Waals surface area contributed by atoms with Crippen LogP contribution in [-0.4, -0.2) is 5.91 Å². The molecule has 0 aliphatic carbocycles. The molecular formula is C9H17NO. The third-order valence-corrected chi connectivity index (χ3v) is 1.65. The molecule has 0 radical (unpaired) electrons. The Hall–Kier alpha value is -0.790. The maximum Gasteiger partial charge on any atom is 0.220 e. The van der Waals surface area contributed by atoms with Gasteiger partial charge in [-0.3, -0.25) is 4.79 Å². The highest BCUT2D eigenvalue weighted by atomic mass is 16.1. The van der Waals surface area contributed by atoms with Crippen LogP contribution in [0.4, 0.5) is 0 Å². The van der Waals surface area contributed by atoms with E-state index in [1.165, 1.54) is 0 Å². The van der Waals surface area contributed by atoms with E-state index in [0.29, 0.717) is 0 Å². The highest BCUT2D eigenvalue weighted by molar-refractivity contribution is 5.76. The molecule has 1 atom stereocenters. The smallest absolute Gasteiger partial charge is 0.220 e. The number of hydrogen-bond acceptors (Lipinski definition) is 1. The zero-order valence-corrected chi connectivity index (χ0v) is 7.34. The van der Waals surface area contributed by atoms with Crippen molar-refractivity contribution in [2.75, 3.05) is 0 Å². The first-order chi connectivity index (χ1) is 5.18. The summed E-state index contributed by atoms with van der Waals surface area (Å²) in [4.78, 5) is 10.6. The molecule has 2 N–H and O–H groups in total. The van der Waals surface area contributed by atoms with E-state index < -0.39 is 0 Å². The van der Waals surface area contributed by atoms with Crippen LogP contribution >= 0.6 is 0 Å². The number of hydrogen-bond donors (Lipinski definition) is 1. The lowest BCUT2D eigenvalue weighted by molar-refractivity contribution is -0.121. The summed E-state index contributed by atoms with van der Waals surface area (Å²) in [6.45, 7) is 3.95. The highest BCUT2D eigenvalue weighted by Crippen LogP contribution is 2.04. The zero-order chi connectivity index (χ0) is 8.69. The summed E-state index contributed by atoms with van der Waals surface area (Å²) in [7, 11) is 0. The molecule has 0 bridgehead atoms. The molecule has 1 amide bonds. The van der Waals surface area contributed by atoms with Crippen molar-refractivity contribution >= 4 is 5.91 Å². The summed E-state index contributed by atoms with van der Waals surface area (Å²) in [5.41, 5.74) is 5.09. The monoisotopic (exact) mass is 155 g/mol. The van der Waals surface area contributed by atoms with Crippen LogP contribution < -0.4 is 5.73 Å². The summed E-state index contributed by atoms with van der Waals surface area (Å²) in [6.07, 6.45) is 7.09. The van der Waals surface area contributed by atoms with Crippen LogP contribution in [0.15, 0.2) is 12.2 Å². The van der Waals surface area contributed by atoms with Gasteiger partial charge in [-0.25, -0.2) is 0 Å². The Balaban J connectivity index is 3.38. The van der Waals surface area contributed by atoms with Gasteiger partial charge < -0.3 is 5.73 Å². The molecule has 64 valence electrons. The van der Waals surface area contributed by atoms with E-state index in [4.69, 9.17) is 5.73 Å². The molecule has 0 aromatic heterocycles. The van der Waals surface area contributed by atoms with Gasteiger partial charge in [0, 0.05) is 5.92 Å². The van der Waals surface area contributed by atoms with Crippen molar-refractivity contribution in [2.45, 2.75) is 33.1 Å². The van der Waals surface area contributed by atoms with E-state index >= 15 is 0 Å². The summed E-state index contributed by atoms with van der Waals surface area (Å²) in [5.74, 6) is -0.189. The van der Waals surface area contributed by atoms with E-state index in [9.17, 15) is 4.79 Å². The van der Waals surface area contributed by atoms with Gasteiger partial charge in [-0.2, -0.15) is 0 Å². The second-order valence-corrected chi connectivity index (χ2v) is 2.76. The fraction of sp³-hybridized carbons (Fsp3) is 0.667. The number of primary amides is 1. The minimum absolute atomic E-state index is 0.0107. The molecule has 0 aromatic carbocycles. The van der Waals surface area contributed by atoms with Crippen molar-refractivity contribution < 1.29 is 4.79 Å². The molecule has 0 aliphatic rings. The van der Waals surface area contributed by atoms with Crippen molar-refractivity contribution in [1.82, 2.24) is 0 Å². The average Bonchev–Trinajstić information content (AvgIpc) is 1.97. The van der Waals surface area contributed by atoms with Crippen LogP contribution in [-0.2, 0) is 4.79 Å². The van der Waals surface area contributed by atoms with Crippen LogP contribution in [0.1, 0.15) is 33.1 Å². The minimum Gasteiger partial charge on any atom is -0.369 e. The zero-order valence-electron chi connectivity index (χ0n) is 7.34. The van der Waals surface area contributed by atoms with Crippen molar-refractivity contribution in [3.63, 3.8) is 0 Å². The predicted molar refractivity (Wildman–Crippen MR) is 47.0 cm³/mol. The molecule has 0 saturated heterocycles. The Morgan fingerprint density at radius 1 is 1.55 bits per heavy atom. The SMILES string of the molecule is CCC=CCCC(C)C(N)=O. The molecule has 0 saturated carbocycles. The summed E-state index contributed by atoms with van der Waals surface area (Å²) >= 11 is 0. The topological polar surface area (TPSA) is 43.1 Å². The molecule has 0 heterocycles. The third-order valence-electron chi connectivity index (χ3n) is 1.65. The van der Waals surface area contributed by atoms with Crippen molar-refractivity contribution in [3.8, 4) is 0 Å². The highest BCUT2D eigenvalue weighted by Gasteiger charge is 2.05. The predicted octanol–water partition coefficient (Wildman–Crippen LogP) is 1.85. The lowest BCUT2D eigenvalue weighted by atomic mass is 10.1. The average molecular weight is 155 g/mol. The van der Waals surface area contributed by atoms with Crippen molar-refractivity contribution in [3.05, 3.63) is 12.2 Å². The Labute approximate surface area is 68.5 Å². The molecule has 1 unspecified atom stereocenters. The molecule has 0 rings (SSSR count). The first-order valence-electron chi connectivity index (χ1n) is 4.12. The molecule has 11 heavy (non-hydrogen) atoms. The summed E-state index contributed by atoms with van der Waals surface area (Å²) in [6, 6.07) is 0. The normalized spacial score (nSPS) is 13.6. The van der Waals surface area contributed by atoms with E-state index in [2.05, 4.69) is 19.1 Å². The van der Waals surface area contributed by atoms with Gasteiger partial charge in [-0.1, -0.05) is 26.0 Å². The Morgan fingerprint density at radius 3 is 2.64 bits per heavy atom. The molecule has 0 fully saturated rings. The molecular weight excluding hydrogens is 138 g/mol. The Kier molecular flexibility index (Phi) is 5.53. The summed E-state index contributed by atoms with van der Waals surface area (Å²) < 4.78 is 0. The van der Waals surface area contributed by atoms with Gasteiger partial charge in [0.1, 0.15) is 0 Å².